The minimum Gasteiger partial charge on any atom is -0.317 e. The third kappa shape index (κ3) is 1.77. The number of likely N-dealkylation sites (tertiary alicyclic amines) is 2. The van der Waals surface area contributed by atoms with E-state index in [-0.39, 0.29) is 23.7 Å². The van der Waals surface area contributed by atoms with Crippen molar-refractivity contribution in [3.8, 4) is 0 Å². The molecule has 0 radical (unpaired) electrons. The molecule has 4 rings (SSSR count). The van der Waals surface area contributed by atoms with Crippen LogP contribution in [0.15, 0.2) is 12.2 Å². The molecule has 2 aliphatic carbocycles. The van der Waals surface area contributed by atoms with Crippen molar-refractivity contribution in [1.29, 1.82) is 0 Å². The molecule has 108 valence electrons. The second kappa shape index (κ2) is 4.69. The van der Waals surface area contributed by atoms with Crippen LogP contribution in [0.1, 0.15) is 32.1 Å². The van der Waals surface area contributed by atoms with Gasteiger partial charge >= 0.3 is 0 Å². The fourth-order valence-electron chi connectivity index (χ4n) is 4.73. The summed E-state index contributed by atoms with van der Waals surface area (Å²) in [4.78, 5) is 28.2. The minimum absolute atomic E-state index is 0.0242. The van der Waals surface area contributed by atoms with Crippen LogP contribution in [0.5, 0.6) is 0 Å². The summed E-state index contributed by atoms with van der Waals surface area (Å²) in [6, 6.07) is 0. The van der Waals surface area contributed by atoms with Gasteiger partial charge in [-0.1, -0.05) is 12.2 Å². The zero-order valence-corrected chi connectivity index (χ0v) is 11.9. The number of imide groups is 1. The molecule has 4 nitrogen and oxygen atoms in total. The Kier molecular flexibility index (Phi) is 2.95. The zero-order chi connectivity index (χ0) is 13.7. The van der Waals surface area contributed by atoms with Gasteiger partial charge in [0.2, 0.25) is 11.8 Å². The van der Waals surface area contributed by atoms with Crippen LogP contribution in [0.2, 0.25) is 0 Å². The van der Waals surface area contributed by atoms with E-state index in [4.69, 9.17) is 0 Å². The predicted octanol–water partition coefficient (Wildman–Crippen LogP) is 0.210. The number of fused-ring (bicyclic) bond motifs is 5. The largest absolute Gasteiger partial charge is 0.317 e. The van der Waals surface area contributed by atoms with Gasteiger partial charge in [0, 0.05) is 0 Å². The molecule has 2 heterocycles. The summed E-state index contributed by atoms with van der Waals surface area (Å²) in [5, 5.41) is 0. The molecule has 1 saturated carbocycles. The maximum atomic E-state index is 12.6. The number of hydrogen-bond donors (Lipinski definition) is 1. The number of carbonyl (C=O) groups excluding carboxylic acids is 2. The van der Waals surface area contributed by atoms with Crippen LogP contribution in [0.4, 0.5) is 0 Å². The standard InChI is InChI=1S/C16H22N2O2/c19-15-13-11-5-6-12(9-11)14(13)16(20)18(15)10-17-7-3-1-2-4-8-17/h5-6,11-14H,1-4,7-10H2/p+1/t11-,12+,13-,14+. The van der Waals surface area contributed by atoms with Gasteiger partial charge in [0.05, 0.1) is 24.9 Å². The Morgan fingerprint density at radius 1 is 0.950 bits per heavy atom. The Labute approximate surface area is 119 Å². The second-order valence-corrected chi connectivity index (χ2v) is 6.93. The van der Waals surface area contributed by atoms with Crippen molar-refractivity contribution in [3.63, 3.8) is 0 Å². The number of quaternary nitrogens is 1. The summed E-state index contributed by atoms with van der Waals surface area (Å²) in [5.41, 5.74) is 0. The van der Waals surface area contributed by atoms with Crippen molar-refractivity contribution in [1.82, 2.24) is 4.90 Å². The van der Waals surface area contributed by atoms with Crippen molar-refractivity contribution >= 4 is 11.8 Å². The number of nitrogens with zero attached hydrogens (tertiary/aromatic N) is 1. The summed E-state index contributed by atoms with van der Waals surface area (Å²) in [6.07, 6.45) is 10.4. The molecule has 0 aromatic carbocycles. The first-order valence-electron chi connectivity index (χ1n) is 8.13. The third-order valence-corrected chi connectivity index (χ3v) is 5.75. The van der Waals surface area contributed by atoms with E-state index in [1.165, 1.54) is 30.6 Å². The highest BCUT2D eigenvalue weighted by Crippen LogP contribution is 2.52. The number of rotatable bonds is 2. The van der Waals surface area contributed by atoms with Crippen molar-refractivity contribution in [2.24, 2.45) is 23.7 Å². The number of carbonyl (C=O) groups is 2. The molecule has 2 aliphatic heterocycles. The molecule has 1 N–H and O–H groups in total. The molecule has 2 saturated heterocycles. The number of allylic oxidation sites excluding steroid dienone is 2. The van der Waals surface area contributed by atoms with Gasteiger partial charge in [0.25, 0.3) is 0 Å². The van der Waals surface area contributed by atoms with E-state index < -0.39 is 0 Å². The lowest BCUT2D eigenvalue weighted by Crippen LogP contribution is -3.13. The highest BCUT2D eigenvalue weighted by molar-refractivity contribution is 6.06. The van der Waals surface area contributed by atoms with Crippen LogP contribution in [-0.4, -0.2) is 36.5 Å². The molecule has 0 spiro atoms. The molecule has 3 fully saturated rings. The number of hydrogen-bond acceptors (Lipinski definition) is 2. The SMILES string of the molecule is O=C1[C@@H]2[C@H](C(=O)N1C[NH+]1CCCCCC1)[C@@H]1C=C[C@H]2C1. The topological polar surface area (TPSA) is 41.8 Å². The Hall–Kier alpha value is -1.16. The van der Waals surface area contributed by atoms with Crippen LogP contribution >= 0.6 is 0 Å². The first-order valence-corrected chi connectivity index (χ1v) is 8.13. The van der Waals surface area contributed by atoms with Crippen LogP contribution in [-0.2, 0) is 9.59 Å². The Morgan fingerprint density at radius 2 is 1.50 bits per heavy atom. The average Bonchev–Trinajstić information content (AvgIpc) is 3.04. The van der Waals surface area contributed by atoms with Crippen molar-refractivity contribution in [3.05, 3.63) is 12.2 Å². The Balaban J connectivity index is 1.50. The van der Waals surface area contributed by atoms with Gasteiger partial charge in [-0.25, -0.2) is 4.90 Å². The first-order chi connectivity index (χ1) is 9.75. The van der Waals surface area contributed by atoms with Crippen LogP contribution < -0.4 is 4.90 Å². The molecule has 2 amide bonds. The maximum absolute atomic E-state index is 12.6. The van der Waals surface area contributed by atoms with Crippen molar-refractivity contribution in [2.45, 2.75) is 32.1 Å². The van der Waals surface area contributed by atoms with Crippen LogP contribution in [0.3, 0.4) is 0 Å². The summed E-state index contributed by atoms with van der Waals surface area (Å²) in [7, 11) is 0. The molecule has 2 bridgehead atoms. The molecular weight excluding hydrogens is 252 g/mol. The van der Waals surface area contributed by atoms with Gasteiger partial charge in [-0.15, -0.1) is 0 Å². The summed E-state index contributed by atoms with van der Waals surface area (Å²) in [5.74, 6) is 0.867. The lowest BCUT2D eigenvalue weighted by Gasteiger charge is -2.23. The van der Waals surface area contributed by atoms with E-state index in [2.05, 4.69) is 12.2 Å². The lowest BCUT2D eigenvalue weighted by atomic mass is 9.85. The smallest absolute Gasteiger partial charge is 0.238 e. The second-order valence-electron chi connectivity index (χ2n) is 6.93. The average molecular weight is 275 g/mol. The molecule has 0 unspecified atom stereocenters. The molecule has 4 atom stereocenters. The van der Waals surface area contributed by atoms with E-state index in [1.807, 2.05) is 0 Å². The van der Waals surface area contributed by atoms with E-state index >= 15 is 0 Å². The number of nitrogens with one attached hydrogen (secondary N) is 1. The summed E-state index contributed by atoms with van der Waals surface area (Å²) < 4.78 is 0. The third-order valence-electron chi connectivity index (χ3n) is 5.75. The van der Waals surface area contributed by atoms with Crippen molar-refractivity contribution < 1.29 is 14.5 Å². The lowest BCUT2D eigenvalue weighted by molar-refractivity contribution is -0.906. The molecular formula is C16H23N2O2+. The van der Waals surface area contributed by atoms with Gasteiger partial charge in [-0.05, 0) is 43.9 Å². The van der Waals surface area contributed by atoms with Crippen LogP contribution in [0.25, 0.3) is 0 Å². The minimum atomic E-state index is -0.0242. The van der Waals surface area contributed by atoms with Crippen molar-refractivity contribution in [2.75, 3.05) is 19.8 Å². The van der Waals surface area contributed by atoms with Gasteiger partial charge in [0.1, 0.15) is 0 Å². The molecule has 4 aliphatic rings. The summed E-state index contributed by atoms with van der Waals surface area (Å²) >= 11 is 0. The first kappa shape index (κ1) is 12.6. The quantitative estimate of drug-likeness (QED) is 0.578. The molecule has 20 heavy (non-hydrogen) atoms. The normalized spacial score (nSPS) is 40.5. The van der Waals surface area contributed by atoms with E-state index in [0.717, 1.165) is 19.5 Å². The predicted molar refractivity (Wildman–Crippen MR) is 73.6 cm³/mol. The van der Waals surface area contributed by atoms with Crippen LogP contribution in [0, 0.1) is 23.7 Å². The van der Waals surface area contributed by atoms with E-state index in [0.29, 0.717) is 18.5 Å². The molecule has 0 aromatic heterocycles. The maximum Gasteiger partial charge on any atom is 0.238 e. The van der Waals surface area contributed by atoms with Gasteiger partial charge in [-0.2, -0.15) is 0 Å². The van der Waals surface area contributed by atoms with Gasteiger partial charge in [0.15, 0.2) is 6.67 Å². The summed E-state index contributed by atoms with van der Waals surface area (Å²) in [6.45, 7) is 2.83. The fraction of sp³-hybridized carbons (Fsp3) is 0.750. The van der Waals surface area contributed by atoms with Gasteiger partial charge in [-0.3, -0.25) is 9.59 Å². The highest BCUT2D eigenvalue weighted by Gasteiger charge is 2.59. The Bertz CT molecular complexity index is 435. The monoisotopic (exact) mass is 275 g/mol. The Morgan fingerprint density at radius 3 is 2.05 bits per heavy atom. The molecule has 4 heteroatoms. The highest BCUT2D eigenvalue weighted by atomic mass is 16.2. The zero-order valence-electron chi connectivity index (χ0n) is 11.9. The van der Waals surface area contributed by atoms with E-state index in [1.54, 1.807) is 4.90 Å². The number of amides is 2. The van der Waals surface area contributed by atoms with E-state index in [9.17, 15) is 9.59 Å². The fourth-order valence-corrected chi connectivity index (χ4v) is 4.73. The molecule has 0 aromatic rings. The van der Waals surface area contributed by atoms with Gasteiger partial charge < -0.3 is 4.90 Å².